The van der Waals surface area contributed by atoms with Gasteiger partial charge in [0.1, 0.15) is 18.2 Å². The number of ether oxygens (including phenoxy) is 1. The van der Waals surface area contributed by atoms with Crippen LogP contribution in [-0.4, -0.2) is 46.1 Å². The van der Waals surface area contributed by atoms with E-state index in [1.54, 1.807) is 0 Å². The Hall–Kier alpha value is -3.58. The van der Waals surface area contributed by atoms with Gasteiger partial charge in [0.15, 0.2) is 0 Å². The fourth-order valence-electron chi connectivity index (χ4n) is 4.23. The zero-order valence-electron chi connectivity index (χ0n) is 19.2. The van der Waals surface area contributed by atoms with Gasteiger partial charge in [0.25, 0.3) is 0 Å². The summed E-state index contributed by atoms with van der Waals surface area (Å²) < 4.78 is 5.90. The van der Waals surface area contributed by atoms with E-state index < -0.39 is 0 Å². The third kappa shape index (κ3) is 4.93. The van der Waals surface area contributed by atoms with Crippen LogP contribution >= 0.6 is 0 Å². The zero-order chi connectivity index (χ0) is 22.6. The van der Waals surface area contributed by atoms with E-state index in [2.05, 4.69) is 50.6 Å². The predicted molar refractivity (Wildman–Crippen MR) is 134 cm³/mol. The minimum absolute atomic E-state index is 0.545. The molecule has 7 heteroatoms. The summed E-state index contributed by atoms with van der Waals surface area (Å²) in [6.45, 7) is 8.20. The molecule has 3 N–H and O–H groups in total. The number of aryl methyl sites for hydroxylation is 2. The van der Waals surface area contributed by atoms with Crippen molar-refractivity contribution in [3.63, 3.8) is 0 Å². The number of aromatic nitrogens is 3. The summed E-state index contributed by atoms with van der Waals surface area (Å²) in [6, 6.07) is 14.2. The van der Waals surface area contributed by atoms with Crippen molar-refractivity contribution in [2.45, 2.75) is 26.7 Å². The molecule has 4 aromatic rings. The lowest BCUT2D eigenvalue weighted by atomic mass is 10.1. The molecule has 0 atom stereocenters. The highest BCUT2D eigenvalue weighted by molar-refractivity contribution is 5.95. The summed E-state index contributed by atoms with van der Waals surface area (Å²) in [5.74, 6) is 2.20. The van der Waals surface area contributed by atoms with Gasteiger partial charge in [-0.25, -0.2) is 4.98 Å². The Morgan fingerprint density at radius 1 is 0.970 bits per heavy atom. The summed E-state index contributed by atoms with van der Waals surface area (Å²) >= 11 is 0. The molecule has 7 nitrogen and oxygen atoms in total. The maximum absolute atomic E-state index is 5.90. The summed E-state index contributed by atoms with van der Waals surface area (Å²) in [5, 5.41) is 7.91. The van der Waals surface area contributed by atoms with E-state index in [0.29, 0.717) is 5.95 Å². The fourth-order valence-corrected chi connectivity index (χ4v) is 4.23. The van der Waals surface area contributed by atoms with Crippen molar-refractivity contribution in [1.82, 2.24) is 19.9 Å². The molecule has 0 saturated carbocycles. The molecule has 1 fully saturated rings. The minimum Gasteiger partial charge on any atom is -0.492 e. The lowest BCUT2D eigenvalue weighted by Gasteiger charge is -2.15. The highest BCUT2D eigenvalue weighted by Gasteiger charge is 2.11. The van der Waals surface area contributed by atoms with Crippen LogP contribution in [0.15, 0.2) is 54.9 Å². The highest BCUT2D eigenvalue weighted by atomic mass is 16.5. The van der Waals surface area contributed by atoms with Gasteiger partial charge in [-0.05, 0) is 81.7 Å². The van der Waals surface area contributed by atoms with Crippen LogP contribution in [0.3, 0.4) is 0 Å². The Morgan fingerprint density at radius 3 is 2.61 bits per heavy atom. The van der Waals surface area contributed by atoms with Crippen molar-refractivity contribution >= 4 is 34.0 Å². The van der Waals surface area contributed by atoms with Crippen molar-refractivity contribution in [2.75, 3.05) is 36.9 Å². The van der Waals surface area contributed by atoms with Gasteiger partial charge in [0, 0.05) is 41.3 Å². The molecule has 2 aromatic carbocycles. The smallest absolute Gasteiger partial charge is 0.229 e. The fraction of sp³-hybridized carbons (Fsp3) is 0.308. The number of anilines is 4. The van der Waals surface area contributed by atoms with Crippen molar-refractivity contribution in [3.8, 4) is 5.75 Å². The van der Waals surface area contributed by atoms with Gasteiger partial charge < -0.3 is 20.4 Å². The topological polar surface area (TPSA) is 78.1 Å². The van der Waals surface area contributed by atoms with E-state index in [1.165, 1.54) is 31.5 Å². The Kier molecular flexibility index (Phi) is 6.13. The molecule has 1 aliphatic heterocycles. The SMILES string of the molecule is Cc1cnc(Nc2ccc(OCCN3CCCC3)cc2)nc1Nc1ccc(C)c2[nH]ccc12. The van der Waals surface area contributed by atoms with Crippen LogP contribution < -0.4 is 15.4 Å². The van der Waals surface area contributed by atoms with Gasteiger partial charge >= 0.3 is 0 Å². The van der Waals surface area contributed by atoms with Crippen molar-refractivity contribution in [2.24, 2.45) is 0 Å². The van der Waals surface area contributed by atoms with E-state index in [0.717, 1.165) is 52.6 Å². The molecule has 1 aliphatic rings. The number of H-pyrrole nitrogens is 1. The van der Waals surface area contributed by atoms with Crippen LogP contribution in [0.1, 0.15) is 24.0 Å². The lowest BCUT2D eigenvalue weighted by molar-refractivity contribution is 0.238. The van der Waals surface area contributed by atoms with E-state index >= 15 is 0 Å². The molecule has 5 rings (SSSR count). The van der Waals surface area contributed by atoms with Gasteiger partial charge in [-0.1, -0.05) is 6.07 Å². The van der Waals surface area contributed by atoms with Crippen LogP contribution in [0.4, 0.5) is 23.1 Å². The molecule has 0 unspecified atom stereocenters. The number of fused-ring (bicyclic) bond motifs is 1. The number of nitrogens with zero attached hydrogens (tertiary/aromatic N) is 3. The molecular formula is C26H30N6O. The second-order valence-corrected chi connectivity index (χ2v) is 8.59. The number of nitrogens with one attached hydrogen (secondary N) is 3. The number of hydrogen-bond donors (Lipinski definition) is 3. The molecule has 33 heavy (non-hydrogen) atoms. The zero-order valence-corrected chi connectivity index (χ0v) is 19.2. The molecule has 0 amide bonds. The largest absolute Gasteiger partial charge is 0.492 e. The van der Waals surface area contributed by atoms with E-state index in [1.807, 2.05) is 43.6 Å². The summed E-state index contributed by atoms with van der Waals surface area (Å²) in [6.07, 6.45) is 6.40. The van der Waals surface area contributed by atoms with Gasteiger partial charge in [0.2, 0.25) is 5.95 Å². The molecular weight excluding hydrogens is 412 g/mol. The van der Waals surface area contributed by atoms with Crippen molar-refractivity contribution in [3.05, 3.63) is 66.0 Å². The third-order valence-electron chi connectivity index (χ3n) is 6.14. The second kappa shape index (κ2) is 9.50. The first kappa shape index (κ1) is 21.3. The molecule has 1 saturated heterocycles. The van der Waals surface area contributed by atoms with Crippen LogP contribution in [0, 0.1) is 13.8 Å². The maximum Gasteiger partial charge on any atom is 0.229 e. The number of hydrogen-bond acceptors (Lipinski definition) is 6. The number of rotatable bonds is 8. The molecule has 3 heterocycles. The van der Waals surface area contributed by atoms with Crippen molar-refractivity contribution in [1.29, 1.82) is 0 Å². The molecule has 2 aromatic heterocycles. The average Bonchev–Trinajstić information content (AvgIpc) is 3.52. The quantitative estimate of drug-likeness (QED) is 0.333. The van der Waals surface area contributed by atoms with Crippen molar-refractivity contribution < 1.29 is 4.74 Å². The molecule has 0 spiro atoms. The first-order chi connectivity index (χ1) is 16.2. The summed E-state index contributed by atoms with van der Waals surface area (Å²) in [4.78, 5) is 14.9. The summed E-state index contributed by atoms with van der Waals surface area (Å²) in [5.41, 5.74) is 5.25. The van der Waals surface area contributed by atoms with Crippen LogP contribution in [-0.2, 0) is 0 Å². The standard InChI is InChI=1S/C26H30N6O/c1-18-5-10-23(22-11-12-27-24(18)22)30-25-19(2)17-28-26(31-25)29-20-6-8-21(9-7-20)33-16-15-32-13-3-4-14-32/h5-12,17,27H,3-4,13-16H2,1-2H3,(H2,28,29,30,31). The molecule has 0 radical (unpaired) electrons. The lowest BCUT2D eigenvalue weighted by Crippen LogP contribution is -2.25. The number of aromatic amines is 1. The van der Waals surface area contributed by atoms with Gasteiger partial charge in [-0.15, -0.1) is 0 Å². The van der Waals surface area contributed by atoms with E-state index in [9.17, 15) is 0 Å². The molecule has 0 bridgehead atoms. The number of likely N-dealkylation sites (tertiary alicyclic amines) is 1. The maximum atomic E-state index is 5.90. The monoisotopic (exact) mass is 442 g/mol. The molecule has 0 aliphatic carbocycles. The average molecular weight is 443 g/mol. The Bertz CT molecular complexity index is 1230. The second-order valence-electron chi connectivity index (χ2n) is 8.59. The summed E-state index contributed by atoms with van der Waals surface area (Å²) in [7, 11) is 0. The first-order valence-electron chi connectivity index (χ1n) is 11.6. The van der Waals surface area contributed by atoms with Gasteiger partial charge in [-0.3, -0.25) is 4.90 Å². The Balaban J connectivity index is 1.24. The Labute approximate surface area is 194 Å². The Morgan fingerprint density at radius 2 is 1.79 bits per heavy atom. The van der Waals surface area contributed by atoms with Crippen LogP contribution in [0.2, 0.25) is 0 Å². The van der Waals surface area contributed by atoms with Gasteiger partial charge in [-0.2, -0.15) is 4.98 Å². The predicted octanol–water partition coefficient (Wildman–Crippen LogP) is 5.54. The third-order valence-corrected chi connectivity index (χ3v) is 6.14. The number of benzene rings is 2. The normalized spacial score (nSPS) is 14.0. The van der Waals surface area contributed by atoms with Gasteiger partial charge in [0.05, 0.1) is 5.52 Å². The van der Waals surface area contributed by atoms with E-state index in [4.69, 9.17) is 9.72 Å². The molecule has 170 valence electrons. The highest BCUT2D eigenvalue weighted by Crippen LogP contribution is 2.29. The minimum atomic E-state index is 0.545. The van der Waals surface area contributed by atoms with Crippen LogP contribution in [0.5, 0.6) is 5.75 Å². The first-order valence-corrected chi connectivity index (χ1v) is 11.6. The van der Waals surface area contributed by atoms with E-state index in [-0.39, 0.29) is 0 Å². The van der Waals surface area contributed by atoms with Crippen LogP contribution in [0.25, 0.3) is 10.9 Å².